The minimum Gasteiger partial charge on any atom is -0.477 e. The first-order chi connectivity index (χ1) is 21.9. The lowest BCUT2D eigenvalue weighted by atomic mass is 10.1. The number of rotatable bonds is 9. The number of nitrogens with zero attached hydrogens (tertiary/aromatic N) is 4. The molecule has 2 amide bonds. The maximum absolute atomic E-state index is 12.7. The van der Waals surface area contributed by atoms with Crippen LogP contribution in [-0.2, 0) is 14.3 Å². The summed E-state index contributed by atoms with van der Waals surface area (Å²) >= 11 is 5.17. The Bertz CT molecular complexity index is 2050. The summed E-state index contributed by atoms with van der Waals surface area (Å²) in [6, 6.07) is 29.4. The van der Waals surface area contributed by atoms with E-state index < -0.39 is 17.9 Å². The summed E-state index contributed by atoms with van der Waals surface area (Å²) in [5.41, 5.74) is 6.96. The summed E-state index contributed by atoms with van der Waals surface area (Å²) in [5, 5.41) is 15.8. The first-order valence-electron chi connectivity index (χ1n) is 14.0. The standard InChI is InChI=1S/C34H26N6O4S/c41-31(34(43)38-24-10-6-8-22(16-24)30-19-36-26-12-2-4-14-28(26)40-30)17-33(45)44-20-32(42)37-23-9-5-7-21(15-23)29-18-35-25-11-1-3-13-27(25)39-29/h1-16,18-19,31,41H,17,20H2,(H,37,42)(H,38,43). The van der Waals surface area contributed by atoms with Crippen LogP contribution in [0.5, 0.6) is 0 Å². The molecule has 222 valence electrons. The van der Waals surface area contributed by atoms with Crippen LogP contribution in [0.15, 0.2) is 109 Å². The van der Waals surface area contributed by atoms with E-state index in [9.17, 15) is 14.7 Å². The van der Waals surface area contributed by atoms with E-state index >= 15 is 0 Å². The van der Waals surface area contributed by atoms with Gasteiger partial charge in [-0.2, -0.15) is 0 Å². The lowest BCUT2D eigenvalue weighted by Gasteiger charge is -2.14. The molecule has 1 unspecified atom stereocenters. The van der Waals surface area contributed by atoms with Crippen LogP contribution in [0.4, 0.5) is 11.4 Å². The zero-order chi connectivity index (χ0) is 31.2. The van der Waals surface area contributed by atoms with E-state index in [2.05, 4.69) is 30.6 Å². The molecule has 0 radical (unpaired) electrons. The number of hydrogen-bond acceptors (Lipinski definition) is 9. The molecule has 0 aliphatic heterocycles. The number of amides is 2. The number of benzene rings is 4. The monoisotopic (exact) mass is 614 g/mol. The van der Waals surface area contributed by atoms with Gasteiger partial charge >= 0.3 is 0 Å². The molecule has 10 nitrogen and oxygen atoms in total. The molecule has 6 rings (SSSR count). The van der Waals surface area contributed by atoms with Gasteiger partial charge in [-0.05, 0) is 60.7 Å². The largest absolute Gasteiger partial charge is 0.477 e. The lowest BCUT2D eigenvalue weighted by Crippen LogP contribution is -2.31. The molecule has 0 saturated heterocycles. The third kappa shape index (κ3) is 7.29. The molecule has 3 N–H and O–H groups in total. The Morgan fingerprint density at radius 2 is 1.22 bits per heavy atom. The predicted molar refractivity (Wildman–Crippen MR) is 176 cm³/mol. The van der Waals surface area contributed by atoms with Gasteiger partial charge in [0.05, 0.1) is 52.3 Å². The van der Waals surface area contributed by atoms with Crippen LogP contribution >= 0.6 is 12.2 Å². The van der Waals surface area contributed by atoms with Gasteiger partial charge in [0, 0.05) is 22.5 Å². The van der Waals surface area contributed by atoms with Crippen LogP contribution in [0.1, 0.15) is 6.42 Å². The number of ether oxygens (including phenoxy) is 1. The predicted octanol–water partition coefficient (Wildman–Crippen LogP) is 5.58. The SMILES string of the molecule is O=C(COC(=S)CC(O)C(=O)Nc1cccc(-c2cnc3ccccc3n2)c1)Nc1cccc(-c2cnc3ccccc3n2)c1. The molecule has 11 heteroatoms. The van der Waals surface area contributed by atoms with E-state index in [-0.39, 0.29) is 18.1 Å². The minimum atomic E-state index is -1.48. The van der Waals surface area contributed by atoms with Gasteiger partial charge in [0.1, 0.15) is 6.10 Å². The summed E-state index contributed by atoms with van der Waals surface area (Å²) in [4.78, 5) is 43.4. The van der Waals surface area contributed by atoms with Gasteiger partial charge in [-0.15, -0.1) is 0 Å². The first-order valence-corrected chi connectivity index (χ1v) is 14.4. The molecular formula is C34H26N6O4S. The van der Waals surface area contributed by atoms with Crippen molar-refractivity contribution in [2.24, 2.45) is 0 Å². The summed E-state index contributed by atoms with van der Waals surface area (Å²) < 4.78 is 5.36. The van der Waals surface area contributed by atoms with Crippen LogP contribution < -0.4 is 10.6 Å². The van der Waals surface area contributed by atoms with Crippen molar-refractivity contribution in [1.29, 1.82) is 0 Å². The number of aromatic nitrogens is 4. The Morgan fingerprint density at radius 3 is 1.78 bits per heavy atom. The summed E-state index contributed by atoms with van der Waals surface area (Å²) in [5.74, 6) is -1.12. The Balaban J connectivity index is 0.997. The fraction of sp³-hybridized carbons (Fsp3) is 0.0882. The topological polar surface area (TPSA) is 139 Å². The molecule has 0 fully saturated rings. The Kier molecular flexibility index (Phi) is 8.72. The molecule has 2 heterocycles. The molecule has 45 heavy (non-hydrogen) atoms. The Labute approximate surface area is 263 Å². The third-order valence-corrected chi connectivity index (χ3v) is 7.08. The average Bonchev–Trinajstić information content (AvgIpc) is 3.07. The van der Waals surface area contributed by atoms with Crippen molar-refractivity contribution in [2.75, 3.05) is 17.2 Å². The highest BCUT2D eigenvalue weighted by molar-refractivity contribution is 7.80. The van der Waals surface area contributed by atoms with E-state index in [0.717, 1.165) is 33.2 Å². The van der Waals surface area contributed by atoms with E-state index in [1.165, 1.54) is 0 Å². The molecular weight excluding hydrogens is 588 g/mol. The van der Waals surface area contributed by atoms with E-state index in [1.807, 2.05) is 60.7 Å². The molecule has 2 aromatic heterocycles. The molecule has 0 aliphatic rings. The number of fused-ring (bicyclic) bond motifs is 2. The second-order valence-electron chi connectivity index (χ2n) is 10.1. The van der Waals surface area contributed by atoms with Crippen molar-refractivity contribution in [2.45, 2.75) is 12.5 Å². The molecule has 4 aromatic carbocycles. The van der Waals surface area contributed by atoms with Crippen molar-refractivity contribution in [3.8, 4) is 22.5 Å². The van der Waals surface area contributed by atoms with Crippen molar-refractivity contribution < 1.29 is 19.4 Å². The highest BCUT2D eigenvalue weighted by atomic mass is 32.1. The smallest absolute Gasteiger partial charge is 0.262 e. The highest BCUT2D eigenvalue weighted by Gasteiger charge is 2.19. The summed E-state index contributed by atoms with van der Waals surface area (Å²) in [6.07, 6.45) is 1.60. The van der Waals surface area contributed by atoms with Crippen LogP contribution in [0.25, 0.3) is 44.6 Å². The quantitative estimate of drug-likeness (QED) is 0.178. The number of carbonyl (C=O) groups excluding carboxylic acids is 2. The van der Waals surface area contributed by atoms with Crippen LogP contribution in [-0.4, -0.2) is 54.6 Å². The molecule has 1 atom stereocenters. The number of hydrogen-bond donors (Lipinski definition) is 3. The van der Waals surface area contributed by atoms with Gasteiger partial charge in [-0.3, -0.25) is 19.6 Å². The van der Waals surface area contributed by atoms with E-state index in [0.29, 0.717) is 22.8 Å². The summed E-state index contributed by atoms with van der Waals surface area (Å²) in [6.45, 7) is -0.387. The van der Waals surface area contributed by atoms with E-state index in [1.54, 1.807) is 48.8 Å². The maximum atomic E-state index is 12.7. The zero-order valence-corrected chi connectivity index (χ0v) is 24.6. The summed E-state index contributed by atoms with van der Waals surface area (Å²) in [7, 11) is 0. The van der Waals surface area contributed by atoms with Crippen LogP contribution in [0, 0.1) is 0 Å². The fourth-order valence-electron chi connectivity index (χ4n) is 4.58. The first kappa shape index (κ1) is 29.4. The van der Waals surface area contributed by atoms with E-state index in [4.69, 9.17) is 17.0 Å². The fourth-order valence-corrected chi connectivity index (χ4v) is 4.80. The van der Waals surface area contributed by atoms with Crippen molar-refractivity contribution in [3.05, 3.63) is 109 Å². The number of para-hydroxylation sites is 4. The third-order valence-electron chi connectivity index (χ3n) is 6.79. The van der Waals surface area contributed by atoms with Gasteiger partial charge in [-0.25, -0.2) is 9.97 Å². The molecule has 0 saturated carbocycles. The van der Waals surface area contributed by atoms with Crippen LogP contribution in [0.2, 0.25) is 0 Å². The number of aliphatic hydroxyl groups is 1. The van der Waals surface area contributed by atoms with Gasteiger partial charge in [0.2, 0.25) is 0 Å². The van der Waals surface area contributed by atoms with Gasteiger partial charge in [-0.1, -0.05) is 48.5 Å². The average molecular weight is 615 g/mol. The number of anilines is 2. The molecule has 0 bridgehead atoms. The Morgan fingerprint density at radius 1 is 0.711 bits per heavy atom. The zero-order valence-electron chi connectivity index (χ0n) is 23.8. The Hall–Kier alpha value is -5.65. The van der Waals surface area contributed by atoms with Crippen molar-refractivity contribution in [1.82, 2.24) is 19.9 Å². The number of aliphatic hydroxyl groups excluding tert-OH is 1. The molecule has 6 aromatic rings. The normalized spacial score (nSPS) is 11.6. The van der Waals surface area contributed by atoms with Crippen LogP contribution in [0.3, 0.4) is 0 Å². The van der Waals surface area contributed by atoms with Gasteiger partial charge in [0.15, 0.2) is 11.7 Å². The highest BCUT2D eigenvalue weighted by Crippen LogP contribution is 2.24. The number of thiocarbonyl (C=S) groups is 1. The molecule has 0 spiro atoms. The lowest BCUT2D eigenvalue weighted by molar-refractivity contribution is -0.123. The van der Waals surface area contributed by atoms with Gasteiger partial charge < -0.3 is 20.5 Å². The van der Waals surface area contributed by atoms with Gasteiger partial charge in [0.25, 0.3) is 11.8 Å². The molecule has 0 aliphatic carbocycles. The second kappa shape index (κ2) is 13.3. The van der Waals surface area contributed by atoms with Crippen molar-refractivity contribution in [3.63, 3.8) is 0 Å². The van der Waals surface area contributed by atoms with Crippen molar-refractivity contribution >= 4 is 62.5 Å². The minimum absolute atomic E-state index is 0.0758. The number of nitrogens with one attached hydrogen (secondary N) is 2. The maximum Gasteiger partial charge on any atom is 0.262 e. The second-order valence-corrected chi connectivity index (χ2v) is 10.5. The number of carbonyl (C=O) groups is 2.